The van der Waals surface area contributed by atoms with Crippen LogP contribution in [0.5, 0.6) is 11.5 Å². The summed E-state index contributed by atoms with van der Waals surface area (Å²) in [5.41, 5.74) is 3.86. The first-order valence-electron chi connectivity index (χ1n) is 10.6. The number of piperidine rings is 1. The number of para-hydroxylation sites is 2. The molecule has 5 heteroatoms. The van der Waals surface area contributed by atoms with Crippen LogP contribution in [-0.4, -0.2) is 35.1 Å². The first-order valence-corrected chi connectivity index (χ1v) is 10.6. The van der Waals surface area contributed by atoms with Gasteiger partial charge in [-0.05, 0) is 48.6 Å². The molecule has 5 rings (SSSR count). The molecule has 5 nitrogen and oxygen atoms in total. The number of amides is 1. The van der Waals surface area contributed by atoms with Crippen molar-refractivity contribution >= 4 is 5.91 Å². The van der Waals surface area contributed by atoms with Crippen LogP contribution in [-0.2, 0) is 17.9 Å². The molecule has 2 aromatic carbocycles. The average Bonchev–Trinajstić information content (AvgIpc) is 3.10. The van der Waals surface area contributed by atoms with Gasteiger partial charge in [-0.15, -0.1) is 0 Å². The Morgan fingerprint density at radius 2 is 1.77 bits per heavy atom. The Morgan fingerprint density at radius 1 is 1.00 bits per heavy atom. The average molecular weight is 402 g/mol. The lowest BCUT2D eigenvalue weighted by Crippen LogP contribution is -2.40. The van der Waals surface area contributed by atoms with Gasteiger partial charge in [-0.1, -0.05) is 36.4 Å². The van der Waals surface area contributed by atoms with Crippen LogP contribution < -0.4 is 9.47 Å². The van der Waals surface area contributed by atoms with Gasteiger partial charge in [-0.3, -0.25) is 4.79 Å². The number of aromatic nitrogens is 1. The van der Waals surface area contributed by atoms with Crippen molar-refractivity contribution in [2.45, 2.75) is 31.9 Å². The molecule has 0 atom stereocenters. The zero-order chi connectivity index (χ0) is 20.3. The van der Waals surface area contributed by atoms with Crippen molar-refractivity contribution in [1.82, 2.24) is 9.47 Å². The molecule has 30 heavy (non-hydrogen) atoms. The summed E-state index contributed by atoms with van der Waals surface area (Å²) in [6.07, 6.45) is 4.13. The molecule has 0 aliphatic carbocycles. The van der Waals surface area contributed by atoms with Crippen molar-refractivity contribution in [2.75, 3.05) is 19.7 Å². The van der Waals surface area contributed by atoms with Crippen molar-refractivity contribution in [3.8, 4) is 11.5 Å². The number of ether oxygens (including phenoxy) is 2. The van der Waals surface area contributed by atoms with Crippen molar-refractivity contribution < 1.29 is 14.3 Å². The van der Waals surface area contributed by atoms with Gasteiger partial charge in [0.25, 0.3) is 5.91 Å². The molecule has 1 fully saturated rings. The fourth-order valence-electron chi connectivity index (χ4n) is 4.51. The molecule has 2 aliphatic heterocycles. The van der Waals surface area contributed by atoms with Crippen LogP contribution in [0.4, 0.5) is 0 Å². The minimum atomic E-state index is 0.0618. The molecule has 0 unspecified atom stereocenters. The van der Waals surface area contributed by atoms with E-state index in [0.717, 1.165) is 44.0 Å². The molecule has 3 aromatic rings. The van der Waals surface area contributed by atoms with Crippen LogP contribution >= 0.6 is 0 Å². The van der Waals surface area contributed by atoms with E-state index in [2.05, 4.69) is 29.0 Å². The number of carbonyl (C=O) groups is 1. The number of likely N-dealkylation sites (tertiary alicyclic amines) is 1. The highest BCUT2D eigenvalue weighted by atomic mass is 16.5. The summed E-state index contributed by atoms with van der Waals surface area (Å²) < 4.78 is 14.0. The molecule has 1 aromatic heterocycles. The van der Waals surface area contributed by atoms with E-state index in [4.69, 9.17) is 9.47 Å². The first-order chi connectivity index (χ1) is 14.8. The van der Waals surface area contributed by atoms with E-state index in [1.165, 1.54) is 16.8 Å². The third-order valence-electron chi connectivity index (χ3n) is 6.18. The van der Waals surface area contributed by atoms with Crippen molar-refractivity contribution in [3.63, 3.8) is 0 Å². The Labute approximate surface area is 176 Å². The summed E-state index contributed by atoms with van der Waals surface area (Å²) in [5, 5.41) is 0. The Morgan fingerprint density at radius 3 is 2.60 bits per heavy atom. The number of benzene rings is 2. The predicted octanol–water partition coefficient (Wildman–Crippen LogP) is 4.21. The van der Waals surface area contributed by atoms with Crippen LogP contribution in [0.15, 0.2) is 66.9 Å². The second kappa shape index (κ2) is 8.27. The molecule has 0 saturated carbocycles. The standard InChI is InChI=1S/C25H26N2O3/c28-25(18-29-21-7-2-1-3-8-21)26-13-10-19(11-14-26)22-12-15-27-16-20-6-4-5-9-24(20)30-17-23(22)27/h1-9,12,15,19H,10-11,13-14,16-18H2. The smallest absolute Gasteiger partial charge is 0.260 e. The van der Waals surface area contributed by atoms with Crippen molar-refractivity contribution in [3.05, 3.63) is 83.7 Å². The van der Waals surface area contributed by atoms with E-state index in [9.17, 15) is 4.79 Å². The lowest BCUT2D eigenvalue weighted by molar-refractivity contribution is -0.134. The first kappa shape index (κ1) is 18.8. The maximum absolute atomic E-state index is 12.5. The minimum Gasteiger partial charge on any atom is -0.487 e. The van der Waals surface area contributed by atoms with Gasteiger partial charge in [0.1, 0.15) is 18.1 Å². The van der Waals surface area contributed by atoms with Gasteiger partial charge in [0.05, 0.1) is 12.2 Å². The number of hydrogen-bond donors (Lipinski definition) is 0. The fraction of sp³-hybridized carbons (Fsp3) is 0.320. The third kappa shape index (κ3) is 3.80. The van der Waals surface area contributed by atoms with Crippen LogP contribution in [0.1, 0.15) is 35.6 Å². The van der Waals surface area contributed by atoms with E-state index in [1.807, 2.05) is 47.4 Å². The van der Waals surface area contributed by atoms with Gasteiger partial charge >= 0.3 is 0 Å². The summed E-state index contributed by atoms with van der Waals surface area (Å²) in [5.74, 6) is 2.24. The van der Waals surface area contributed by atoms with Gasteiger partial charge in [-0.25, -0.2) is 0 Å². The molecule has 0 spiro atoms. The number of rotatable bonds is 4. The molecule has 2 aliphatic rings. The van der Waals surface area contributed by atoms with E-state index in [-0.39, 0.29) is 12.5 Å². The maximum Gasteiger partial charge on any atom is 0.260 e. The molecular weight excluding hydrogens is 376 g/mol. The van der Waals surface area contributed by atoms with Crippen LogP contribution in [0.3, 0.4) is 0 Å². The highest BCUT2D eigenvalue weighted by Crippen LogP contribution is 2.34. The summed E-state index contributed by atoms with van der Waals surface area (Å²) in [6.45, 7) is 3.09. The van der Waals surface area contributed by atoms with Crippen molar-refractivity contribution in [2.24, 2.45) is 0 Å². The lowest BCUT2D eigenvalue weighted by atomic mass is 9.89. The predicted molar refractivity (Wildman–Crippen MR) is 115 cm³/mol. The van der Waals surface area contributed by atoms with E-state index in [0.29, 0.717) is 12.5 Å². The zero-order valence-corrected chi connectivity index (χ0v) is 17.0. The number of fused-ring (bicyclic) bond motifs is 2. The minimum absolute atomic E-state index is 0.0618. The number of nitrogens with zero attached hydrogens (tertiary/aromatic N) is 2. The van der Waals surface area contributed by atoms with Crippen LogP contribution in [0.2, 0.25) is 0 Å². The van der Waals surface area contributed by atoms with E-state index >= 15 is 0 Å². The molecule has 154 valence electrons. The summed E-state index contributed by atoms with van der Waals surface area (Å²) >= 11 is 0. The molecule has 0 bridgehead atoms. The Bertz CT molecular complexity index is 1020. The zero-order valence-electron chi connectivity index (χ0n) is 17.0. The second-order valence-electron chi connectivity index (χ2n) is 8.00. The molecule has 3 heterocycles. The Hall–Kier alpha value is -3.21. The van der Waals surface area contributed by atoms with Gasteiger partial charge in [0.15, 0.2) is 6.61 Å². The summed E-state index contributed by atoms with van der Waals surface area (Å²) in [4.78, 5) is 14.5. The van der Waals surface area contributed by atoms with E-state index < -0.39 is 0 Å². The SMILES string of the molecule is O=C(COc1ccccc1)N1CCC(c2ccn3c2COc2ccccc2C3)CC1. The topological polar surface area (TPSA) is 43.7 Å². The van der Waals surface area contributed by atoms with Crippen LogP contribution in [0.25, 0.3) is 0 Å². The maximum atomic E-state index is 12.5. The fourth-order valence-corrected chi connectivity index (χ4v) is 4.51. The molecule has 1 amide bonds. The quantitative estimate of drug-likeness (QED) is 0.657. The van der Waals surface area contributed by atoms with Gasteiger partial charge in [-0.2, -0.15) is 0 Å². The monoisotopic (exact) mass is 402 g/mol. The van der Waals surface area contributed by atoms with E-state index in [1.54, 1.807) is 0 Å². The molecule has 0 N–H and O–H groups in total. The largest absolute Gasteiger partial charge is 0.487 e. The molecular formula is C25H26N2O3. The second-order valence-corrected chi connectivity index (χ2v) is 8.00. The number of carbonyl (C=O) groups excluding carboxylic acids is 1. The van der Waals surface area contributed by atoms with Gasteiger partial charge in [0.2, 0.25) is 0 Å². The highest BCUT2D eigenvalue weighted by molar-refractivity contribution is 5.77. The number of hydrogen-bond acceptors (Lipinski definition) is 3. The summed E-state index contributed by atoms with van der Waals surface area (Å²) in [6, 6.07) is 20.0. The summed E-state index contributed by atoms with van der Waals surface area (Å²) in [7, 11) is 0. The normalized spacial score (nSPS) is 16.2. The van der Waals surface area contributed by atoms with Crippen molar-refractivity contribution in [1.29, 1.82) is 0 Å². The Balaban J connectivity index is 1.20. The highest BCUT2D eigenvalue weighted by Gasteiger charge is 2.27. The van der Waals surface area contributed by atoms with Gasteiger partial charge in [0, 0.05) is 24.8 Å². The lowest BCUT2D eigenvalue weighted by Gasteiger charge is -2.32. The van der Waals surface area contributed by atoms with Crippen LogP contribution in [0, 0.1) is 0 Å². The molecule has 0 radical (unpaired) electrons. The molecule has 1 saturated heterocycles. The van der Waals surface area contributed by atoms with Gasteiger partial charge < -0.3 is 18.9 Å². The Kier molecular flexibility index (Phi) is 5.18. The third-order valence-corrected chi connectivity index (χ3v) is 6.18.